The van der Waals surface area contributed by atoms with E-state index in [-0.39, 0.29) is 11.3 Å². The van der Waals surface area contributed by atoms with Crippen LogP contribution in [0.15, 0.2) is 33.6 Å². The first-order valence-corrected chi connectivity index (χ1v) is 4.61. The van der Waals surface area contributed by atoms with Crippen LogP contribution in [0.4, 0.5) is 0 Å². The Balaban J connectivity index is 2.68. The molecule has 2 aromatic rings. The smallest absolute Gasteiger partial charge is 0.365 e. The minimum absolute atomic E-state index is 0.0520. The predicted octanol–water partition coefficient (Wildman–Crippen LogP) is 1.64. The molecule has 2 rings (SSSR count). The first-order chi connectivity index (χ1) is 7.59. The van der Waals surface area contributed by atoms with Crippen molar-refractivity contribution in [2.24, 2.45) is 0 Å². The highest BCUT2D eigenvalue weighted by Crippen LogP contribution is 2.20. The predicted molar refractivity (Wildman–Crippen MR) is 56.5 cm³/mol. The number of aromatic nitrogens is 1. The summed E-state index contributed by atoms with van der Waals surface area (Å²) in [4.78, 5) is 22.3. The maximum atomic E-state index is 11.4. The summed E-state index contributed by atoms with van der Waals surface area (Å²) < 4.78 is 4.49. The van der Waals surface area contributed by atoms with Gasteiger partial charge in [0.25, 0.3) is 0 Å². The van der Waals surface area contributed by atoms with Crippen molar-refractivity contribution in [1.29, 1.82) is 0 Å². The van der Waals surface area contributed by atoms with Gasteiger partial charge >= 0.3 is 11.6 Å². The van der Waals surface area contributed by atoms with E-state index in [9.17, 15) is 9.59 Å². The number of hydrogen-bond donors (Lipinski definition) is 2. The fourth-order valence-corrected chi connectivity index (χ4v) is 1.51. The molecule has 0 fully saturated rings. The Morgan fingerprint density at radius 3 is 2.81 bits per heavy atom. The Bertz CT molecular complexity index is 594. The van der Waals surface area contributed by atoms with Crippen molar-refractivity contribution in [2.75, 3.05) is 0 Å². The minimum atomic E-state index is -1.22. The van der Waals surface area contributed by atoms with Crippen LogP contribution < -0.4 is 5.63 Å². The maximum absolute atomic E-state index is 11.4. The third-order valence-electron chi connectivity index (χ3n) is 2.22. The van der Waals surface area contributed by atoms with E-state index in [2.05, 4.69) is 9.68 Å². The Hall–Kier alpha value is -2.30. The highest BCUT2D eigenvalue weighted by molar-refractivity contribution is 5.93. The van der Waals surface area contributed by atoms with E-state index in [4.69, 9.17) is 5.11 Å². The first kappa shape index (κ1) is 10.2. The van der Waals surface area contributed by atoms with Crippen molar-refractivity contribution in [2.45, 2.75) is 6.92 Å². The van der Waals surface area contributed by atoms with Crippen LogP contribution in [-0.4, -0.2) is 16.2 Å². The summed E-state index contributed by atoms with van der Waals surface area (Å²) in [5.74, 6) is -1.22. The van der Waals surface area contributed by atoms with Crippen LogP contribution in [0.1, 0.15) is 16.1 Å². The molecule has 0 unspecified atom stereocenters. The number of rotatable bonds is 2. The zero-order chi connectivity index (χ0) is 11.7. The van der Waals surface area contributed by atoms with Gasteiger partial charge < -0.3 is 9.63 Å². The molecule has 0 aliphatic rings. The van der Waals surface area contributed by atoms with Gasteiger partial charge in [0.15, 0.2) is 5.69 Å². The summed E-state index contributed by atoms with van der Waals surface area (Å²) in [6.45, 7) is 1.86. The Morgan fingerprint density at radius 2 is 2.19 bits per heavy atom. The average Bonchev–Trinajstić information content (AvgIpc) is 2.60. The summed E-state index contributed by atoms with van der Waals surface area (Å²) in [6, 6.07) is 7.01. The Kier molecular flexibility index (Phi) is 2.36. The molecule has 0 aliphatic carbocycles. The van der Waals surface area contributed by atoms with Gasteiger partial charge in [0.2, 0.25) is 0 Å². The molecular weight excluding hydrogens is 210 g/mol. The van der Waals surface area contributed by atoms with Crippen molar-refractivity contribution in [3.63, 3.8) is 0 Å². The molecule has 0 bridgehead atoms. The van der Waals surface area contributed by atoms with Crippen LogP contribution in [0.5, 0.6) is 0 Å². The van der Waals surface area contributed by atoms with Gasteiger partial charge in [0.1, 0.15) is 5.56 Å². The van der Waals surface area contributed by atoms with Gasteiger partial charge in [-0.2, -0.15) is 0 Å². The van der Waals surface area contributed by atoms with Gasteiger partial charge in [-0.15, -0.1) is 0 Å². The number of carbonyl (C=O) groups is 1. The highest BCUT2D eigenvalue weighted by Gasteiger charge is 2.19. The fraction of sp³-hybridized carbons (Fsp3) is 0.0909. The molecule has 16 heavy (non-hydrogen) atoms. The molecular formula is C11H9NO4. The van der Waals surface area contributed by atoms with Crippen molar-refractivity contribution in [3.05, 3.63) is 45.9 Å². The molecule has 0 saturated heterocycles. The molecule has 1 aromatic heterocycles. The summed E-state index contributed by atoms with van der Waals surface area (Å²) >= 11 is 0. The van der Waals surface area contributed by atoms with Crippen LogP contribution in [0.2, 0.25) is 0 Å². The molecule has 5 heteroatoms. The summed E-state index contributed by atoms with van der Waals surface area (Å²) in [5, 5.41) is 11.0. The molecule has 5 nitrogen and oxygen atoms in total. The summed E-state index contributed by atoms with van der Waals surface area (Å²) in [7, 11) is 0. The second kappa shape index (κ2) is 3.69. The van der Waals surface area contributed by atoms with Crippen molar-refractivity contribution in [3.8, 4) is 11.1 Å². The highest BCUT2D eigenvalue weighted by atomic mass is 16.5. The Morgan fingerprint density at radius 1 is 1.44 bits per heavy atom. The number of nitrogens with one attached hydrogen (secondary N) is 1. The third kappa shape index (κ3) is 1.63. The number of aromatic amines is 1. The number of hydrogen-bond acceptors (Lipinski definition) is 3. The van der Waals surface area contributed by atoms with Gasteiger partial charge in [-0.3, -0.25) is 0 Å². The van der Waals surface area contributed by atoms with E-state index in [1.54, 1.807) is 18.2 Å². The molecule has 0 spiro atoms. The van der Waals surface area contributed by atoms with E-state index >= 15 is 0 Å². The van der Waals surface area contributed by atoms with E-state index in [1.807, 2.05) is 13.0 Å². The standard InChI is InChI=1S/C11H9NO4/c1-6-3-2-4-7(5-6)8-9(10(13)14)12-16-11(8)15/h2-5,12H,1H3,(H,13,14). The van der Waals surface area contributed by atoms with Crippen molar-refractivity contribution in [1.82, 2.24) is 5.16 Å². The Labute approximate surface area is 90.3 Å². The lowest BCUT2D eigenvalue weighted by atomic mass is 10.0. The van der Waals surface area contributed by atoms with Gasteiger partial charge in [-0.05, 0) is 12.5 Å². The number of aryl methyl sites for hydroxylation is 1. The molecule has 1 aromatic carbocycles. The quantitative estimate of drug-likeness (QED) is 0.804. The lowest BCUT2D eigenvalue weighted by molar-refractivity contribution is 0.0686. The average molecular weight is 219 g/mol. The lowest BCUT2D eigenvalue weighted by Gasteiger charge is -1.98. The zero-order valence-corrected chi connectivity index (χ0v) is 8.48. The number of aromatic carboxylic acids is 1. The van der Waals surface area contributed by atoms with E-state index in [0.29, 0.717) is 5.56 Å². The third-order valence-corrected chi connectivity index (χ3v) is 2.22. The summed E-state index contributed by atoms with van der Waals surface area (Å²) in [5.41, 5.74) is 0.622. The van der Waals surface area contributed by atoms with Crippen molar-refractivity contribution >= 4 is 5.97 Å². The van der Waals surface area contributed by atoms with E-state index in [1.165, 1.54) is 0 Å². The first-order valence-electron chi connectivity index (χ1n) is 4.61. The van der Waals surface area contributed by atoms with Crippen LogP contribution in [0.25, 0.3) is 11.1 Å². The number of carboxylic acid groups (broad SMARTS) is 1. The number of carboxylic acids is 1. The molecule has 0 atom stereocenters. The van der Waals surface area contributed by atoms with E-state index < -0.39 is 11.6 Å². The van der Waals surface area contributed by atoms with Crippen LogP contribution in [0.3, 0.4) is 0 Å². The fourth-order valence-electron chi connectivity index (χ4n) is 1.51. The second-order valence-corrected chi connectivity index (χ2v) is 3.42. The normalized spacial score (nSPS) is 10.3. The van der Waals surface area contributed by atoms with Gasteiger partial charge in [-0.25, -0.2) is 14.7 Å². The largest absolute Gasteiger partial charge is 0.476 e. The van der Waals surface area contributed by atoms with Crippen LogP contribution >= 0.6 is 0 Å². The SMILES string of the molecule is Cc1cccc(-c2c(C(=O)O)[nH]oc2=O)c1. The van der Waals surface area contributed by atoms with Gasteiger partial charge in [-0.1, -0.05) is 29.8 Å². The molecule has 0 amide bonds. The topological polar surface area (TPSA) is 83.3 Å². The monoisotopic (exact) mass is 219 g/mol. The van der Waals surface area contributed by atoms with Crippen LogP contribution in [0, 0.1) is 6.92 Å². The molecule has 82 valence electrons. The van der Waals surface area contributed by atoms with Gasteiger partial charge in [0.05, 0.1) is 0 Å². The molecule has 2 N–H and O–H groups in total. The molecule has 0 saturated carbocycles. The maximum Gasteiger partial charge on any atom is 0.365 e. The van der Waals surface area contributed by atoms with Gasteiger partial charge in [0, 0.05) is 0 Å². The minimum Gasteiger partial charge on any atom is -0.476 e. The lowest BCUT2D eigenvalue weighted by Crippen LogP contribution is -2.03. The van der Waals surface area contributed by atoms with Crippen molar-refractivity contribution < 1.29 is 14.4 Å². The number of H-pyrrole nitrogens is 1. The molecule has 0 radical (unpaired) electrons. The summed E-state index contributed by atoms with van der Waals surface area (Å²) in [6.07, 6.45) is 0. The second-order valence-electron chi connectivity index (χ2n) is 3.42. The molecule has 0 aliphatic heterocycles. The number of benzene rings is 1. The van der Waals surface area contributed by atoms with Crippen LogP contribution in [-0.2, 0) is 0 Å². The van der Waals surface area contributed by atoms with E-state index in [0.717, 1.165) is 5.56 Å². The zero-order valence-electron chi connectivity index (χ0n) is 8.48. The molecule has 1 heterocycles.